The molecule has 0 aliphatic carbocycles. The molecular weight excluding hydrogens is 475 g/mol. The van der Waals surface area contributed by atoms with E-state index >= 15 is 0 Å². The molecule has 2 aromatic carbocycles. The Balaban J connectivity index is 1.67. The first-order valence-electron chi connectivity index (χ1n) is 9.48. The first kappa shape index (κ1) is 23.4. The van der Waals surface area contributed by atoms with Crippen molar-refractivity contribution in [3.05, 3.63) is 63.0 Å². The Hall–Kier alpha value is -2.26. The largest absolute Gasteiger partial charge is 0.372 e. The van der Waals surface area contributed by atoms with Crippen molar-refractivity contribution >= 4 is 80.9 Å². The van der Waals surface area contributed by atoms with Gasteiger partial charge in [0.2, 0.25) is 0 Å². The Morgan fingerprint density at radius 1 is 1.13 bits per heavy atom. The van der Waals surface area contributed by atoms with Gasteiger partial charge in [0.1, 0.15) is 0 Å². The van der Waals surface area contributed by atoms with Crippen LogP contribution in [0.2, 0.25) is 10.0 Å². The number of nitrogens with zero attached hydrogens (tertiary/aromatic N) is 2. The summed E-state index contributed by atoms with van der Waals surface area (Å²) < 4.78 is 0.236. The lowest BCUT2D eigenvalue weighted by Crippen LogP contribution is -2.46. The molecule has 0 unspecified atom stereocenters. The van der Waals surface area contributed by atoms with Gasteiger partial charge in [-0.05, 0) is 68.0 Å². The molecule has 162 valence electrons. The van der Waals surface area contributed by atoms with Crippen LogP contribution in [0.25, 0.3) is 6.08 Å². The number of carbonyl (C=O) groups is 2. The number of anilines is 2. The number of benzene rings is 2. The molecule has 0 spiro atoms. The van der Waals surface area contributed by atoms with Gasteiger partial charge in [-0.3, -0.25) is 4.79 Å². The lowest BCUT2D eigenvalue weighted by atomic mass is 10.1. The topological polar surface area (TPSA) is 64.7 Å². The summed E-state index contributed by atoms with van der Waals surface area (Å²) in [5, 5.41) is 4.32. The van der Waals surface area contributed by atoms with E-state index in [0.717, 1.165) is 41.1 Å². The van der Waals surface area contributed by atoms with Crippen molar-refractivity contribution in [3.8, 4) is 0 Å². The first-order chi connectivity index (χ1) is 14.8. The summed E-state index contributed by atoms with van der Waals surface area (Å²) in [7, 11) is 0. The van der Waals surface area contributed by atoms with Crippen LogP contribution < -0.4 is 15.6 Å². The molecule has 0 aromatic heterocycles. The molecular formula is C21H20Cl2N4O2S2. The molecule has 0 bridgehead atoms. The van der Waals surface area contributed by atoms with Crippen molar-refractivity contribution in [2.24, 2.45) is 0 Å². The molecule has 3 amide bonds. The number of halogens is 2. The maximum Gasteiger partial charge on any atom is 0.338 e. The number of thiocarbonyl (C=S) groups is 1. The minimum absolute atomic E-state index is 0.236. The quantitative estimate of drug-likeness (QED) is 0.393. The van der Waals surface area contributed by atoms with Crippen molar-refractivity contribution in [1.29, 1.82) is 0 Å². The Morgan fingerprint density at radius 2 is 1.81 bits per heavy atom. The number of hydrogen-bond donors (Lipinski definition) is 2. The molecule has 1 heterocycles. The highest BCUT2D eigenvalue weighted by Crippen LogP contribution is 2.32. The lowest BCUT2D eigenvalue weighted by molar-refractivity contribution is -0.123. The smallest absolute Gasteiger partial charge is 0.338 e. The summed E-state index contributed by atoms with van der Waals surface area (Å²) >= 11 is 18.2. The zero-order chi connectivity index (χ0) is 22.5. The SMILES string of the molecule is CCN(CC)c1ccc(/C=C2/SC(=S)N(NC(=O)Nc3ccc(Cl)c(Cl)c3)C2=O)cc1. The minimum atomic E-state index is -0.625. The first-order valence-corrected chi connectivity index (χ1v) is 11.5. The van der Waals surface area contributed by atoms with E-state index in [9.17, 15) is 9.59 Å². The second kappa shape index (κ2) is 10.4. The molecule has 2 N–H and O–H groups in total. The van der Waals surface area contributed by atoms with Gasteiger partial charge in [0.05, 0.1) is 15.0 Å². The molecule has 6 nitrogen and oxygen atoms in total. The Labute approximate surface area is 200 Å². The van der Waals surface area contributed by atoms with E-state index in [4.69, 9.17) is 35.4 Å². The van der Waals surface area contributed by atoms with Crippen molar-refractivity contribution < 1.29 is 9.59 Å². The van der Waals surface area contributed by atoms with E-state index in [1.54, 1.807) is 18.2 Å². The number of carbonyl (C=O) groups excluding carboxylic acids is 2. The Bertz CT molecular complexity index is 1040. The fourth-order valence-electron chi connectivity index (χ4n) is 2.92. The third-order valence-corrected chi connectivity index (χ3v) is 6.55. The fourth-order valence-corrected chi connectivity index (χ4v) is 4.40. The van der Waals surface area contributed by atoms with Gasteiger partial charge in [-0.2, -0.15) is 5.01 Å². The van der Waals surface area contributed by atoms with Crippen LogP contribution in [0, 0.1) is 0 Å². The van der Waals surface area contributed by atoms with Gasteiger partial charge in [-0.25, -0.2) is 10.2 Å². The van der Waals surface area contributed by atoms with E-state index < -0.39 is 11.9 Å². The van der Waals surface area contributed by atoms with Gasteiger partial charge in [-0.1, -0.05) is 47.1 Å². The van der Waals surface area contributed by atoms with Crippen molar-refractivity contribution in [3.63, 3.8) is 0 Å². The average molecular weight is 495 g/mol. The van der Waals surface area contributed by atoms with E-state index in [2.05, 4.69) is 29.5 Å². The van der Waals surface area contributed by atoms with Gasteiger partial charge in [0, 0.05) is 24.5 Å². The Kier molecular flexibility index (Phi) is 7.83. The highest BCUT2D eigenvalue weighted by Gasteiger charge is 2.33. The van der Waals surface area contributed by atoms with Crippen LogP contribution in [-0.4, -0.2) is 34.4 Å². The van der Waals surface area contributed by atoms with Crippen LogP contribution in [0.4, 0.5) is 16.2 Å². The standard InChI is InChI=1S/C21H20Cl2N4O2S2/c1-3-26(4-2)15-8-5-13(6-9-15)11-18-19(28)27(21(30)31-18)25-20(29)24-14-7-10-16(22)17(23)12-14/h5-12H,3-4H2,1-2H3,(H2,24,25,29)/b18-11+. The third kappa shape index (κ3) is 5.71. The second-order valence-corrected chi connectivity index (χ2v) is 8.97. The molecule has 3 rings (SSSR count). The minimum Gasteiger partial charge on any atom is -0.372 e. The van der Waals surface area contributed by atoms with Crippen molar-refractivity contribution in [2.45, 2.75) is 13.8 Å². The summed E-state index contributed by atoms with van der Waals surface area (Å²) in [5.74, 6) is -0.396. The number of amides is 3. The van der Waals surface area contributed by atoms with Gasteiger partial charge in [0.15, 0.2) is 4.32 Å². The van der Waals surface area contributed by atoms with E-state index in [1.165, 1.54) is 6.07 Å². The van der Waals surface area contributed by atoms with Crippen LogP contribution in [0.3, 0.4) is 0 Å². The Morgan fingerprint density at radius 3 is 2.42 bits per heavy atom. The highest BCUT2D eigenvalue weighted by molar-refractivity contribution is 8.26. The summed E-state index contributed by atoms with van der Waals surface area (Å²) in [6.07, 6.45) is 1.75. The molecule has 1 aliphatic heterocycles. The maximum absolute atomic E-state index is 12.7. The predicted octanol–water partition coefficient (Wildman–Crippen LogP) is 5.78. The molecule has 0 atom stereocenters. The van der Waals surface area contributed by atoms with Crippen LogP contribution in [-0.2, 0) is 4.79 Å². The summed E-state index contributed by atoms with van der Waals surface area (Å²) in [6.45, 7) is 6.05. The van der Waals surface area contributed by atoms with Gasteiger partial charge in [0.25, 0.3) is 5.91 Å². The summed E-state index contributed by atoms with van der Waals surface area (Å²) in [4.78, 5) is 27.7. The van der Waals surface area contributed by atoms with Crippen LogP contribution in [0.5, 0.6) is 0 Å². The van der Waals surface area contributed by atoms with E-state index in [0.29, 0.717) is 20.6 Å². The fraction of sp³-hybridized carbons (Fsp3) is 0.190. The summed E-state index contributed by atoms with van der Waals surface area (Å²) in [5.41, 5.74) is 4.89. The number of thioether (sulfide) groups is 1. The van der Waals surface area contributed by atoms with Gasteiger partial charge >= 0.3 is 6.03 Å². The second-order valence-electron chi connectivity index (χ2n) is 6.48. The molecule has 2 aromatic rings. The average Bonchev–Trinajstić information content (AvgIpc) is 3.00. The van der Waals surface area contributed by atoms with Crippen LogP contribution in [0.1, 0.15) is 19.4 Å². The molecule has 1 fully saturated rings. The normalized spacial score (nSPS) is 14.8. The molecule has 0 saturated carbocycles. The number of urea groups is 1. The predicted molar refractivity (Wildman–Crippen MR) is 134 cm³/mol. The van der Waals surface area contributed by atoms with Crippen molar-refractivity contribution in [2.75, 3.05) is 23.3 Å². The molecule has 10 heteroatoms. The van der Waals surface area contributed by atoms with E-state index in [1.807, 2.05) is 24.3 Å². The molecule has 1 aliphatic rings. The third-order valence-electron chi connectivity index (χ3n) is 4.50. The van der Waals surface area contributed by atoms with Crippen molar-refractivity contribution in [1.82, 2.24) is 10.4 Å². The number of rotatable bonds is 6. The highest BCUT2D eigenvalue weighted by atomic mass is 35.5. The van der Waals surface area contributed by atoms with Crippen LogP contribution >= 0.6 is 47.2 Å². The number of hydrazine groups is 1. The van der Waals surface area contributed by atoms with Crippen LogP contribution in [0.15, 0.2) is 47.4 Å². The molecule has 0 radical (unpaired) electrons. The van der Waals surface area contributed by atoms with Gasteiger partial charge in [-0.15, -0.1) is 0 Å². The molecule has 1 saturated heterocycles. The lowest BCUT2D eigenvalue weighted by Gasteiger charge is -2.20. The number of nitrogens with one attached hydrogen (secondary N) is 2. The monoisotopic (exact) mass is 494 g/mol. The molecule has 31 heavy (non-hydrogen) atoms. The maximum atomic E-state index is 12.7. The summed E-state index contributed by atoms with van der Waals surface area (Å²) in [6, 6.07) is 12.0. The van der Waals surface area contributed by atoms with Gasteiger partial charge < -0.3 is 10.2 Å². The number of hydrogen-bond acceptors (Lipinski definition) is 5. The zero-order valence-corrected chi connectivity index (χ0v) is 20.0. The zero-order valence-electron chi connectivity index (χ0n) is 16.8. The van der Waals surface area contributed by atoms with E-state index in [-0.39, 0.29) is 4.32 Å².